The number of fused-ring (bicyclic) bond motifs is 9. The molecule has 3 aromatic heterocycles. The van der Waals surface area contributed by atoms with Crippen molar-refractivity contribution in [1.82, 2.24) is 13.7 Å². The number of hydrogen-bond donors (Lipinski definition) is 0. The lowest BCUT2D eigenvalue weighted by Crippen LogP contribution is -2.19. The van der Waals surface area contributed by atoms with Crippen molar-refractivity contribution in [3.05, 3.63) is 223 Å². The van der Waals surface area contributed by atoms with E-state index < -0.39 is 0 Å². The predicted molar refractivity (Wildman–Crippen MR) is 247 cm³/mol. The maximum absolute atomic E-state index is 14.4. The Bertz CT molecular complexity index is 3670. The maximum atomic E-state index is 14.4. The van der Waals surface area contributed by atoms with Crippen LogP contribution < -0.4 is 5.56 Å². The van der Waals surface area contributed by atoms with Crippen molar-refractivity contribution in [3.8, 4) is 39.3 Å². The van der Waals surface area contributed by atoms with Crippen molar-refractivity contribution in [2.24, 2.45) is 0 Å². The average Bonchev–Trinajstić information content (AvgIpc) is 3.82. The van der Waals surface area contributed by atoms with E-state index in [1.807, 2.05) is 22.8 Å². The molecular weight excluding hydrogens is 719 g/mol. The summed E-state index contributed by atoms with van der Waals surface area (Å²) in [5.74, 6) is 0. The zero-order chi connectivity index (χ0) is 39.0. The summed E-state index contributed by atoms with van der Waals surface area (Å²) in [6, 6.07) is 74.7. The SMILES string of the molecule is O=c1c2ccccc2c2cc(-c3ccc4c(c3)c3ccccc3n4-c3ccccc3)ccc2n1-c1ccc(-c2ccc3c(c2)c2ccccc2n3-c2ccccc2)cc1. The molecule has 0 radical (unpaired) electrons. The van der Waals surface area contributed by atoms with E-state index in [9.17, 15) is 4.79 Å². The van der Waals surface area contributed by atoms with Gasteiger partial charge in [-0.2, -0.15) is 0 Å². The molecule has 0 aliphatic carbocycles. The molecule has 0 spiro atoms. The van der Waals surface area contributed by atoms with E-state index in [1.165, 1.54) is 43.6 Å². The molecule has 0 fully saturated rings. The number of nitrogens with zero attached hydrogens (tertiary/aromatic N) is 3. The Labute approximate surface area is 339 Å². The lowest BCUT2D eigenvalue weighted by molar-refractivity contribution is 1.06. The van der Waals surface area contributed by atoms with Crippen LogP contribution in [-0.2, 0) is 0 Å². The minimum Gasteiger partial charge on any atom is -0.309 e. The summed E-state index contributed by atoms with van der Waals surface area (Å²) >= 11 is 0. The first-order valence-corrected chi connectivity index (χ1v) is 20.1. The zero-order valence-corrected chi connectivity index (χ0v) is 32.0. The summed E-state index contributed by atoms with van der Waals surface area (Å²) in [5, 5.41) is 7.54. The molecule has 3 heterocycles. The number of para-hydroxylation sites is 4. The van der Waals surface area contributed by atoms with Crippen LogP contribution in [0.5, 0.6) is 0 Å². The number of benzene rings is 9. The highest BCUT2D eigenvalue weighted by molar-refractivity contribution is 6.12. The van der Waals surface area contributed by atoms with Crippen molar-refractivity contribution in [3.63, 3.8) is 0 Å². The second-order valence-electron chi connectivity index (χ2n) is 15.3. The summed E-state index contributed by atoms with van der Waals surface area (Å²) in [5.41, 5.74) is 13.1. The summed E-state index contributed by atoms with van der Waals surface area (Å²) in [7, 11) is 0. The molecule has 0 saturated heterocycles. The van der Waals surface area contributed by atoms with Crippen molar-refractivity contribution in [2.75, 3.05) is 0 Å². The van der Waals surface area contributed by atoms with Crippen molar-refractivity contribution in [1.29, 1.82) is 0 Å². The molecule has 0 unspecified atom stereocenters. The van der Waals surface area contributed by atoms with Crippen molar-refractivity contribution >= 4 is 65.3 Å². The number of pyridine rings is 1. The summed E-state index contributed by atoms with van der Waals surface area (Å²) < 4.78 is 6.55. The first-order valence-electron chi connectivity index (χ1n) is 20.1. The monoisotopic (exact) mass is 753 g/mol. The molecule has 59 heavy (non-hydrogen) atoms. The van der Waals surface area contributed by atoms with E-state index in [0.717, 1.165) is 55.6 Å². The Balaban J connectivity index is 0.974. The second-order valence-corrected chi connectivity index (χ2v) is 15.3. The largest absolute Gasteiger partial charge is 0.309 e. The summed E-state index contributed by atoms with van der Waals surface area (Å²) in [6.07, 6.45) is 0. The van der Waals surface area contributed by atoms with Crippen LogP contribution in [0, 0.1) is 0 Å². The van der Waals surface area contributed by atoms with Crippen molar-refractivity contribution in [2.45, 2.75) is 0 Å². The fraction of sp³-hybridized carbons (Fsp3) is 0. The van der Waals surface area contributed by atoms with Gasteiger partial charge in [-0.25, -0.2) is 0 Å². The van der Waals surface area contributed by atoms with Crippen molar-refractivity contribution < 1.29 is 0 Å². The molecule has 12 rings (SSSR count). The molecule has 4 heteroatoms. The smallest absolute Gasteiger partial charge is 0.263 e. The van der Waals surface area contributed by atoms with Crippen LogP contribution in [0.15, 0.2) is 217 Å². The summed E-state index contributed by atoms with van der Waals surface area (Å²) in [4.78, 5) is 14.4. The molecule has 0 N–H and O–H groups in total. The minimum absolute atomic E-state index is 0.0288. The van der Waals surface area contributed by atoms with Gasteiger partial charge in [-0.3, -0.25) is 9.36 Å². The zero-order valence-electron chi connectivity index (χ0n) is 32.0. The maximum Gasteiger partial charge on any atom is 0.263 e. The molecule has 12 aromatic rings. The Morgan fingerprint density at radius 3 is 1.08 bits per heavy atom. The van der Waals surface area contributed by atoms with Gasteiger partial charge in [-0.05, 0) is 119 Å². The fourth-order valence-corrected chi connectivity index (χ4v) is 9.34. The van der Waals surface area contributed by atoms with Crippen LogP contribution in [0.3, 0.4) is 0 Å². The third kappa shape index (κ3) is 5.13. The predicted octanol–water partition coefficient (Wildman–Crippen LogP) is 13.7. The van der Waals surface area contributed by atoms with Gasteiger partial charge in [0.1, 0.15) is 0 Å². The third-order valence-corrected chi connectivity index (χ3v) is 12.1. The van der Waals surface area contributed by atoms with Crippen LogP contribution in [0.4, 0.5) is 0 Å². The molecule has 4 nitrogen and oxygen atoms in total. The van der Waals surface area contributed by atoms with Gasteiger partial charge < -0.3 is 9.13 Å². The lowest BCUT2D eigenvalue weighted by Gasteiger charge is -2.15. The lowest BCUT2D eigenvalue weighted by atomic mass is 9.98. The van der Waals surface area contributed by atoms with E-state index >= 15 is 0 Å². The third-order valence-electron chi connectivity index (χ3n) is 12.1. The second kappa shape index (κ2) is 13.1. The Morgan fingerprint density at radius 2 is 0.576 bits per heavy atom. The Hall–Kier alpha value is -7.95. The van der Waals surface area contributed by atoms with E-state index in [0.29, 0.717) is 5.39 Å². The van der Waals surface area contributed by atoms with Crippen LogP contribution in [-0.4, -0.2) is 13.7 Å². The van der Waals surface area contributed by atoms with Gasteiger partial charge >= 0.3 is 0 Å². The van der Waals surface area contributed by atoms with Gasteiger partial charge in [0, 0.05) is 49.4 Å². The van der Waals surface area contributed by atoms with E-state index in [2.05, 4.69) is 203 Å². The highest BCUT2D eigenvalue weighted by Crippen LogP contribution is 2.38. The van der Waals surface area contributed by atoms with Gasteiger partial charge in [-0.1, -0.05) is 121 Å². The van der Waals surface area contributed by atoms with Gasteiger partial charge in [0.2, 0.25) is 0 Å². The molecule has 0 amide bonds. The molecule has 0 aliphatic rings. The van der Waals surface area contributed by atoms with Gasteiger partial charge in [-0.15, -0.1) is 0 Å². The summed E-state index contributed by atoms with van der Waals surface area (Å²) in [6.45, 7) is 0. The molecule has 0 saturated carbocycles. The van der Waals surface area contributed by atoms with E-state index in [4.69, 9.17) is 0 Å². The van der Waals surface area contributed by atoms with Crippen LogP contribution >= 0.6 is 0 Å². The Kier molecular flexibility index (Phi) is 7.35. The average molecular weight is 754 g/mol. The first-order chi connectivity index (χ1) is 29.2. The molecule has 9 aromatic carbocycles. The highest BCUT2D eigenvalue weighted by Gasteiger charge is 2.17. The minimum atomic E-state index is -0.0288. The van der Waals surface area contributed by atoms with Crippen LogP contribution in [0.25, 0.3) is 105 Å². The molecular formula is C55H35N3O. The van der Waals surface area contributed by atoms with Gasteiger partial charge in [0.25, 0.3) is 5.56 Å². The molecule has 0 bridgehead atoms. The molecule has 0 aliphatic heterocycles. The first kappa shape index (κ1) is 33.2. The standard InChI is InChI=1S/C55H35N3O/c59-55-46-20-8-7-17-43(46)47-34-38(39-26-31-53-49(35-39)45-19-10-12-22-51(45)57(53)41-15-5-2-6-16-41)27-32-54(47)58(55)42-28-23-36(24-29-42)37-25-30-52-48(33-37)44-18-9-11-21-50(44)56(52)40-13-3-1-4-14-40/h1-35H. The van der Waals surface area contributed by atoms with Crippen LogP contribution in [0.1, 0.15) is 0 Å². The molecule has 0 atom stereocenters. The number of rotatable bonds is 5. The van der Waals surface area contributed by atoms with E-state index in [-0.39, 0.29) is 5.56 Å². The quantitative estimate of drug-likeness (QED) is 0.161. The van der Waals surface area contributed by atoms with E-state index in [1.54, 1.807) is 0 Å². The Morgan fingerprint density at radius 1 is 0.237 bits per heavy atom. The fourth-order valence-electron chi connectivity index (χ4n) is 9.34. The number of hydrogen-bond acceptors (Lipinski definition) is 1. The highest BCUT2D eigenvalue weighted by atomic mass is 16.1. The van der Waals surface area contributed by atoms with Gasteiger partial charge in [0.15, 0.2) is 0 Å². The topological polar surface area (TPSA) is 31.9 Å². The molecule has 276 valence electrons. The number of aromatic nitrogens is 3. The van der Waals surface area contributed by atoms with Crippen LogP contribution in [0.2, 0.25) is 0 Å². The normalized spacial score (nSPS) is 11.8. The van der Waals surface area contributed by atoms with Gasteiger partial charge in [0.05, 0.1) is 27.6 Å².